The Labute approximate surface area is 169 Å². The third-order valence-electron chi connectivity index (χ3n) is 4.63. The van der Waals surface area contributed by atoms with Gasteiger partial charge in [-0.1, -0.05) is 12.1 Å². The van der Waals surface area contributed by atoms with Crippen molar-refractivity contribution >= 4 is 29.2 Å². The molecule has 0 aliphatic carbocycles. The van der Waals surface area contributed by atoms with Crippen LogP contribution in [-0.2, 0) is 0 Å². The molecule has 0 saturated heterocycles. The number of para-hydroxylation sites is 2. The normalized spacial score (nSPS) is 13.8. The lowest BCUT2D eigenvalue weighted by molar-refractivity contribution is -0.385. The van der Waals surface area contributed by atoms with Crippen molar-refractivity contribution < 1.29 is 23.9 Å². The number of hydrogen-bond donors (Lipinski definition) is 1. The maximum absolute atomic E-state index is 12.6. The highest BCUT2D eigenvalue weighted by Gasteiger charge is 2.23. The van der Waals surface area contributed by atoms with Crippen LogP contribution in [0.2, 0.25) is 0 Å². The van der Waals surface area contributed by atoms with E-state index in [2.05, 4.69) is 10.3 Å². The first-order chi connectivity index (χ1) is 14.6. The SMILES string of the molecule is O=C1Nc2ccccc2Oc2ccc(N=Cc3cc4c(cc3[N+](=O)[O-])OCO4)cc21. The first kappa shape index (κ1) is 17.7. The molecule has 0 saturated carbocycles. The molecule has 0 atom stereocenters. The number of fused-ring (bicyclic) bond motifs is 3. The maximum Gasteiger partial charge on any atom is 0.282 e. The summed E-state index contributed by atoms with van der Waals surface area (Å²) < 4.78 is 16.3. The minimum atomic E-state index is -0.515. The summed E-state index contributed by atoms with van der Waals surface area (Å²) in [6.45, 7) is 0.00933. The number of carbonyl (C=O) groups excluding carboxylic acids is 1. The van der Waals surface area contributed by atoms with Crippen LogP contribution in [0.4, 0.5) is 17.1 Å². The summed E-state index contributed by atoms with van der Waals surface area (Å²) in [7, 11) is 0. The van der Waals surface area contributed by atoms with E-state index < -0.39 is 4.92 Å². The average Bonchev–Trinajstić information content (AvgIpc) is 3.15. The molecule has 0 bridgehead atoms. The molecule has 2 aliphatic heterocycles. The number of aliphatic imine (C=N–C) groups is 1. The molecule has 0 spiro atoms. The lowest BCUT2D eigenvalue weighted by Crippen LogP contribution is -2.10. The number of nitrogens with one attached hydrogen (secondary N) is 1. The largest absolute Gasteiger partial charge is 0.454 e. The number of anilines is 1. The fourth-order valence-corrected chi connectivity index (χ4v) is 3.18. The second-order valence-corrected chi connectivity index (χ2v) is 6.51. The highest BCUT2D eigenvalue weighted by molar-refractivity contribution is 6.08. The molecule has 148 valence electrons. The number of ether oxygens (including phenoxy) is 3. The van der Waals surface area contributed by atoms with Crippen molar-refractivity contribution in [3.05, 3.63) is 75.8 Å². The van der Waals surface area contributed by atoms with Crippen molar-refractivity contribution in [2.75, 3.05) is 12.1 Å². The van der Waals surface area contributed by atoms with Crippen LogP contribution in [0.3, 0.4) is 0 Å². The number of carbonyl (C=O) groups is 1. The Balaban J connectivity index is 1.49. The van der Waals surface area contributed by atoms with Crippen molar-refractivity contribution in [3.63, 3.8) is 0 Å². The van der Waals surface area contributed by atoms with Gasteiger partial charge in [-0.2, -0.15) is 0 Å². The summed E-state index contributed by atoms with van der Waals surface area (Å²) in [5, 5.41) is 14.2. The van der Waals surface area contributed by atoms with Crippen molar-refractivity contribution in [1.29, 1.82) is 0 Å². The lowest BCUT2D eigenvalue weighted by Gasteiger charge is -2.07. The first-order valence-corrected chi connectivity index (χ1v) is 8.93. The minimum absolute atomic E-state index is 0.00933. The highest BCUT2D eigenvalue weighted by Crippen LogP contribution is 2.38. The molecule has 0 unspecified atom stereocenters. The zero-order valence-electron chi connectivity index (χ0n) is 15.3. The Morgan fingerprint density at radius 3 is 2.63 bits per heavy atom. The highest BCUT2D eigenvalue weighted by atomic mass is 16.7. The molecular formula is C21H13N3O6. The molecule has 9 heteroatoms. The van der Waals surface area contributed by atoms with Crippen LogP contribution < -0.4 is 19.5 Å². The summed E-state index contributed by atoms with van der Waals surface area (Å²) in [6, 6.07) is 14.8. The molecule has 1 N–H and O–H groups in total. The van der Waals surface area contributed by atoms with E-state index in [1.165, 1.54) is 18.3 Å². The van der Waals surface area contributed by atoms with Gasteiger partial charge in [-0.05, 0) is 36.4 Å². The number of amides is 1. The topological polar surface area (TPSA) is 112 Å². The molecule has 3 aromatic rings. The first-order valence-electron chi connectivity index (χ1n) is 8.93. The van der Waals surface area contributed by atoms with Gasteiger partial charge in [0.15, 0.2) is 17.2 Å². The Morgan fingerprint density at radius 1 is 1.00 bits per heavy atom. The molecule has 0 fully saturated rings. The standard InChI is InChI=1S/C21H13N3O6/c25-21-14-8-13(5-6-17(14)30-18-4-2-1-3-15(18)23-21)22-10-12-7-19-20(29-11-28-19)9-16(12)24(26)27/h1-10H,11H2,(H,23,25). The van der Waals surface area contributed by atoms with Crippen molar-refractivity contribution in [2.45, 2.75) is 0 Å². The second kappa shape index (κ2) is 6.89. The third kappa shape index (κ3) is 3.08. The number of hydrogen-bond acceptors (Lipinski definition) is 7. The zero-order chi connectivity index (χ0) is 20.7. The Morgan fingerprint density at radius 2 is 1.80 bits per heavy atom. The van der Waals surface area contributed by atoms with Gasteiger partial charge in [0.1, 0.15) is 5.75 Å². The summed E-state index contributed by atoms with van der Waals surface area (Å²) in [4.78, 5) is 27.8. The fraction of sp³-hybridized carbons (Fsp3) is 0.0476. The van der Waals surface area contributed by atoms with Crippen molar-refractivity contribution in [2.24, 2.45) is 4.99 Å². The van der Waals surface area contributed by atoms with Gasteiger partial charge in [0.25, 0.3) is 11.6 Å². The summed E-state index contributed by atoms with van der Waals surface area (Å²) in [5.41, 5.74) is 1.41. The maximum atomic E-state index is 12.6. The van der Waals surface area contributed by atoms with Crippen LogP contribution in [-0.4, -0.2) is 23.8 Å². The van der Waals surface area contributed by atoms with E-state index >= 15 is 0 Å². The van der Waals surface area contributed by atoms with E-state index in [0.29, 0.717) is 39.9 Å². The van der Waals surface area contributed by atoms with Gasteiger partial charge in [0.2, 0.25) is 6.79 Å². The van der Waals surface area contributed by atoms with E-state index in [-0.39, 0.29) is 24.0 Å². The number of rotatable bonds is 3. The Kier molecular flexibility index (Phi) is 4.06. The minimum Gasteiger partial charge on any atom is -0.454 e. The zero-order valence-corrected chi connectivity index (χ0v) is 15.3. The Bertz CT molecular complexity index is 1240. The van der Waals surface area contributed by atoms with Crippen LogP contribution in [0.25, 0.3) is 0 Å². The molecule has 1 amide bonds. The quantitative estimate of drug-likeness (QED) is 0.393. The van der Waals surface area contributed by atoms with E-state index in [1.807, 2.05) is 6.07 Å². The molecule has 3 aromatic carbocycles. The molecule has 0 aromatic heterocycles. The summed E-state index contributed by atoms with van der Waals surface area (Å²) in [5.74, 6) is 1.33. The molecule has 5 rings (SSSR count). The Hall–Kier alpha value is -4.40. The van der Waals surface area contributed by atoms with Crippen molar-refractivity contribution in [3.8, 4) is 23.0 Å². The molecule has 30 heavy (non-hydrogen) atoms. The fourth-order valence-electron chi connectivity index (χ4n) is 3.18. The second-order valence-electron chi connectivity index (χ2n) is 6.51. The van der Waals surface area contributed by atoms with Gasteiger partial charge in [0, 0.05) is 6.21 Å². The monoisotopic (exact) mass is 403 g/mol. The molecule has 2 heterocycles. The van der Waals surface area contributed by atoms with Gasteiger partial charge in [-0.15, -0.1) is 0 Å². The number of benzene rings is 3. The van der Waals surface area contributed by atoms with Crippen LogP contribution >= 0.6 is 0 Å². The molecule has 0 radical (unpaired) electrons. The average molecular weight is 403 g/mol. The summed E-state index contributed by atoms with van der Waals surface area (Å²) in [6.07, 6.45) is 1.35. The predicted octanol–water partition coefficient (Wildman–Crippen LogP) is 4.43. The van der Waals surface area contributed by atoms with E-state index in [4.69, 9.17) is 14.2 Å². The number of nitro benzene ring substituents is 1. The van der Waals surface area contributed by atoms with Gasteiger partial charge < -0.3 is 19.5 Å². The van der Waals surface area contributed by atoms with Gasteiger partial charge in [-0.25, -0.2) is 0 Å². The smallest absolute Gasteiger partial charge is 0.282 e. The van der Waals surface area contributed by atoms with Gasteiger partial charge in [-0.3, -0.25) is 19.9 Å². The van der Waals surface area contributed by atoms with Gasteiger partial charge >= 0.3 is 0 Å². The predicted molar refractivity (Wildman–Crippen MR) is 107 cm³/mol. The van der Waals surface area contributed by atoms with Gasteiger partial charge in [0.05, 0.1) is 33.5 Å². The van der Waals surface area contributed by atoms with Crippen LogP contribution in [0, 0.1) is 10.1 Å². The van der Waals surface area contributed by atoms with Crippen LogP contribution in [0.5, 0.6) is 23.0 Å². The lowest BCUT2D eigenvalue weighted by atomic mass is 10.1. The molecule has 9 nitrogen and oxygen atoms in total. The van der Waals surface area contributed by atoms with Crippen molar-refractivity contribution in [1.82, 2.24) is 0 Å². The van der Waals surface area contributed by atoms with E-state index in [9.17, 15) is 14.9 Å². The molecular weight excluding hydrogens is 390 g/mol. The van der Waals surface area contributed by atoms with Crippen LogP contribution in [0.15, 0.2) is 59.6 Å². The third-order valence-corrected chi connectivity index (χ3v) is 4.63. The summed E-state index contributed by atoms with van der Waals surface area (Å²) >= 11 is 0. The number of nitro groups is 1. The molecule has 2 aliphatic rings. The number of nitrogens with zero attached hydrogens (tertiary/aromatic N) is 2. The van der Waals surface area contributed by atoms with Crippen LogP contribution in [0.1, 0.15) is 15.9 Å². The van der Waals surface area contributed by atoms with E-state index in [1.54, 1.807) is 36.4 Å². The van der Waals surface area contributed by atoms with E-state index in [0.717, 1.165) is 0 Å².